The van der Waals surface area contributed by atoms with Gasteiger partial charge in [-0.2, -0.15) is 5.26 Å². The van der Waals surface area contributed by atoms with Gasteiger partial charge in [0.25, 0.3) is 5.91 Å². The minimum atomic E-state index is -0.633. The Kier molecular flexibility index (Phi) is 4.80. The summed E-state index contributed by atoms with van der Waals surface area (Å²) >= 11 is 0. The summed E-state index contributed by atoms with van der Waals surface area (Å²) in [5, 5.41) is 11.6. The Labute approximate surface area is 130 Å². The van der Waals surface area contributed by atoms with Gasteiger partial charge >= 0.3 is 0 Å². The molecule has 1 atom stereocenters. The molecule has 0 saturated carbocycles. The van der Waals surface area contributed by atoms with E-state index in [-0.39, 0.29) is 5.91 Å². The highest BCUT2D eigenvalue weighted by Crippen LogP contribution is 2.22. The molecule has 0 saturated heterocycles. The van der Waals surface area contributed by atoms with E-state index in [0.717, 1.165) is 11.1 Å². The van der Waals surface area contributed by atoms with Crippen molar-refractivity contribution in [3.05, 3.63) is 59.2 Å². The molecule has 22 heavy (non-hydrogen) atoms. The quantitative estimate of drug-likeness (QED) is 0.937. The van der Waals surface area contributed by atoms with E-state index in [1.165, 1.54) is 0 Å². The first-order chi connectivity index (χ1) is 10.5. The van der Waals surface area contributed by atoms with Crippen LogP contribution in [0.15, 0.2) is 42.5 Å². The molecule has 2 aromatic rings. The van der Waals surface area contributed by atoms with Crippen LogP contribution in [0.5, 0.6) is 5.75 Å². The number of carbonyl (C=O) groups is 1. The van der Waals surface area contributed by atoms with Gasteiger partial charge in [0.1, 0.15) is 5.75 Å². The molecule has 0 aliphatic heterocycles. The third-order valence-electron chi connectivity index (χ3n) is 3.49. The Balaban J connectivity index is 2.06. The number of aryl methyl sites for hydroxylation is 1. The van der Waals surface area contributed by atoms with Crippen LogP contribution in [0.4, 0.5) is 5.69 Å². The number of nitrogens with zero attached hydrogens (tertiary/aromatic N) is 1. The van der Waals surface area contributed by atoms with Crippen LogP contribution in [0.25, 0.3) is 0 Å². The van der Waals surface area contributed by atoms with Crippen molar-refractivity contribution in [1.82, 2.24) is 0 Å². The lowest BCUT2D eigenvalue weighted by Crippen LogP contribution is -2.30. The molecule has 1 amide bonds. The molecule has 0 spiro atoms. The van der Waals surface area contributed by atoms with Crippen molar-refractivity contribution in [2.75, 3.05) is 5.32 Å². The van der Waals surface area contributed by atoms with Crippen LogP contribution in [-0.4, -0.2) is 12.0 Å². The van der Waals surface area contributed by atoms with Gasteiger partial charge in [-0.15, -0.1) is 0 Å². The molecule has 4 nitrogen and oxygen atoms in total. The van der Waals surface area contributed by atoms with Crippen LogP contribution in [0.1, 0.15) is 23.6 Å². The van der Waals surface area contributed by atoms with Gasteiger partial charge in [-0.25, -0.2) is 0 Å². The molecule has 4 heteroatoms. The van der Waals surface area contributed by atoms with Crippen molar-refractivity contribution in [2.45, 2.75) is 26.9 Å². The molecule has 0 heterocycles. The van der Waals surface area contributed by atoms with Crippen molar-refractivity contribution < 1.29 is 9.53 Å². The smallest absolute Gasteiger partial charge is 0.265 e. The molecule has 0 radical (unpaired) electrons. The van der Waals surface area contributed by atoms with Gasteiger partial charge < -0.3 is 10.1 Å². The summed E-state index contributed by atoms with van der Waals surface area (Å²) in [6, 6.07) is 14.6. The first kappa shape index (κ1) is 15.6. The maximum absolute atomic E-state index is 12.2. The fourth-order valence-corrected chi connectivity index (χ4v) is 2.01. The van der Waals surface area contributed by atoms with Gasteiger partial charge in [-0.3, -0.25) is 4.79 Å². The van der Waals surface area contributed by atoms with E-state index >= 15 is 0 Å². The van der Waals surface area contributed by atoms with E-state index in [9.17, 15) is 4.79 Å². The molecular formula is C18H18N2O2. The number of hydrogen-bond acceptors (Lipinski definition) is 3. The number of nitrogens with one attached hydrogen (secondary N) is 1. The molecule has 0 aliphatic carbocycles. The zero-order valence-corrected chi connectivity index (χ0v) is 12.9. The monoisotopic (exact) mass is 294 g/mol. The number of anilines is 1. The Bertz CT molecular complexity index is 732. The predicted octanol–water partition coefficient (Wildman–Crippen LogP) is 3.58. The molecule has 1 N–H and O–H groups in total. The zero-order valence-electron chi connectivity index (χ0n) is 12.9. The van der Waals surface area contributed by atoms with Crippen molar-refractivity contribution in [3.63, 3.8) is 0 Å². The molecule has 112 valence electrons. The van der Waals surface area contributed by atoms with E-state index in [2.05, 4.69) is 5.32 Å². The lowest BCUT2D eigenvalue weighted by molar-refractivity contribution is -0.122. The average Bonchev–Trinajstić information content (AvgIpc) is 2.52. The molecule has 2 rings (SSSR count). The summed E-state index contributed by atoms with van der Waals surface area (Å²) in [5.74, 6) is 0.449. The summed E-state index contributed by atoms with van der Waals surface area (Å²) in [6.45, 7) is 5.66. The first-order valence-corrected chi connectivity index (χ1v) is 7.05. The van der Waals surface area contributed by atoms with E-state index in [4.69, 9.17) is 10.00 Å². The summed E-state index contributed by atoms with van der Waals surface area (Å²) in [4.78, 5) is 12.2. The van der Waals surface area contributed by atoms with Crippen molar-refractivity contribution in [1.29, 1.82) is 5.26 Å². The molecule has 0 aliphatic rings. The summed E-state index contributed by atoms with van der Waals surface area (Å²) in [7, 11) is 0. The Morgan fingerprint density at radius 3 is 2.68 bits per heavy atom. The topological polar surface area (TPSA) is 62.1 Å². The Morgan fingerprint density at radius 2 is 1.95 bits per heavy atom. The van der Waals surface area contributed by atoms with E-state index < -0.39 is 6.10 Å². The first-order valence-electron chi connectivity index (χ1n) is 7.05. The van der Waals surface area contributed by atoms with Crippen molar-refractivity contribution in [3.8, 4) is 11.8 Å². The molecule has 0 fully saturated rings. The highest BCUT2D eigenvalue weighted by Gasteiger charge is 2.16. The maximum atomic E-state index is 12.2. The molecule has 0 aromatic heterocycles. The fourth-order valence-electron chi connectivity index (χ4n) is 2.01. The summed E-state index contributed by atoms with van der Waals surface area (Å²) in [5.41, 5.74) is 3.22. The number of nitriles is 1. The number of carbonyl (C=O) groups excluding carboxylic acids is 1. The summed E-state index contributed by atoms with van der Waals surface area (Å²) < 4.78 is 5.74. The standard InChI is InChI=1S/C18H18N2O2/c1-12-6-4-9-17(13(12)2)22-14(3)18(21)20-16-8-5-7-15(10-16)11-19/h4-10,14H,1-3H3,(H,20,21). The summed E-state index contributed by atoms with van der Waals surface area (Å²) in [6.07, 6.45) is -0.633. The van der Waals surface area contributed by atoms with Gasteiger partial charge in [-0.1, -0.05) is 18.2 Å². The van der Waals surface area contributed by atoms with Gasteiger partial charge in [-0.05, 0) is 56.2 Å². The lowest BCUT2D eigenvalue weighted by atomic mass is 10.1. The minimum Gasteiger partial charge on any atom is -0.481 e. The minimum absolute atomic E-state index is 0.254. The number of benzene rings is 2. The fraction of sp³-hybridized carbons (Fsp3) is 0.222. The van der Waals surface area contributed by atoms with Crippen LogP contribution in [0.3, 0.4) is 0 Å². The average molecular weight is 294 g/mol. The lowest BCUT2D eigenvalue weighted by Gasteiger charge is -2.17. The van der Waals surface area contributed by atoms with Crippen LogP contribution < -0.4 is 10.1 Å². The van der Waals surface area contributed by atoms with Crippen molar-refractivity contribution in [2.24, 2.45) is 0 Å². The van der Waals surface area contributed by atoms with Crippen LogP contribution in [0.2, 0.25) is 0 Å². The highest BCUT2D eigenvalue weighted by atomic mass is 16.5. The van der Waals surface area contributed by atoms with Gasteiger partial charge in [0.05, 0.1) is 11.6 Å². The molecule has 1 unspecified atom stereocenters. The number of ether oxygens (including phenoxy) is 1. The zero-order chi connectivity index (χ0) is 16.1. The molecule has 0 bridgehead atoms. The van der Waals surface area contributed by atoms with E-state index in [1.807, 2.05) is 38.1 Å². The van der Waals surface area contributed by atoms with Crippen LogP contribution in [-0.2, 0) is 4.79 Å². The normalized spacial score (nSPS) is 11.4. The SMILES string of the molecule is Cc1cccc(OC(C)C(=O)Nc2cccc(C#N)c2)c1C. The number of hydrogen-bond donors (Lipinski definition) is 1. The maximum Gasteiger partial charge on any atom is 0.265 e. The number of amides is 1. The van der Waals surface area contributed by atoms with Gasteiger partial charge in [0, 0.05) is 5.69 Å². The second-order valence-electron chi connectivity index (χ2n) is 5.14. The number of rotatable bonds is 4. The van der Waals surface area contributed by atoms with Crippen molar-refractivity contribution >= 4 is 11.6 Å². The van der Waals surface area contributed by atoms with E-state index in [0.29, 0.717) is 17.0 Å². The molecule has 2 aromatic carbocycles. The predicted molar refractivity (Wildman–Crippen MR) is 85.8 cm³/mol. The second-order valence-corrected chi connectivity index (χ2v) is 5.14. The van der Waals surface area contributed by atoms with Crippen LogP contribution >= 0.6 is 0 Å². The van der Waals surface area contributed by atoms with Gasteiger partial charge in [0.2, 0.25) is 0 Å². The Morgan fingerprint density at radius 1 is 1.23 bits per heavy atom. The highest BCUT2D eigenvalue weighted by molar-refractivity contribution is 5.94. The van der Waals surface area contributed by atoms with Crippen LogP contribution in [0, 0.1) is 25.2 Å². The molecular weight excluding hydrogens is 276 g/mol. The third-order valence-corrected chi connectivity index (χ3v) is 3.49. The second kappa shape index (κ2) is 6.77. The van der Waals surface area contributed by atoms with E-state index in [1.54, 1.807) is 31.2 Å². The third kappa shape index (κ3) is 3.64. The Hall–Kier alpha value is -2.80. The van der Waals surface area contributed by atoms with Gasteiger partial charge in [0.15, 0.2) is 6.10 Å². The largest absolute Gasteiger partial charge is 0.481 e.